The zero-order chi connectivity index (χ0) is 22.2. The van der Waals surface area contributed by atoms with Crippen molar-refractivity contribution in [1.29, 1.82) is 0 Å². The summed E-state index contributed by atoms with van der Waals surface area (Å²) in [5.74, 6) is 0.171. The van der Waals surface area contributed by atoms with Gasteiger partial charge in [0.05, 0.1) is 0 Å². The molecule has 5 nitrogen and oxygen atoms in total. The predicted molar refractivity (Wildman–Crippen MR) is 122 cm³/mol. The van der Waals surface area contributed by atoms with Gasteiger partial charge in [-0.2, -0.15) is 0 Å². The number of amides is 2. The highest BCUT2D eigenvalue weighted by molar-refractivity contribution is 5.99. The molecule has 1 aliphatic rings. The van der Waals surface area contributed by atoms with Crippen LogP contribution >= 0.6 is 0 Å². The molecule has 0 aliphatic carbocycles. The normalized spacial score (nSPS) is 13.9. The molecule has 0 N–H and O–H groups in total. The lowest BCUT2D eigenvalue weighted by Crippen LogP contribution is -2.50. The number of ketones is 1. The van der Waals surface area contributed by atoms with Gasteiger partial charge in [0.15, 0.2) is 5.78 Å². The molecule has 1 saturated heterocycles. The van der Waals surface area contributed by atoms with Gasteiger partial charge in [-0.15, -0.1) is 0 Å². The van der Waals surface area contributed by atoms with Crippen LogP contribution in [0.4, 0.5) is 0 Å². The Bertz CT molecular complexity index is 916. The first-order chi connectivity index (χ1) is 14.9. The van der Waals surface area contributed by atoms with E-state index in [0.29, 0.717) is 38.2 Å². The average Bonchev–Trinajstić information content (AvgIpc) is 2.79. The molecule has 2 amide bonds. The van der Waals surface area contributed by atoms with Gasteiger partial charge in [0, 0.05) is 51.0 Å². The standard InChI is InChI=1S/C26H32N2O3/c1-20-11-12-21(2)23(19-20)24(29)13-14-26(31)28-17-15-27(16-18-28)25(30)10-6-9-22-7-4-3-5-8-22/h3-5,7-8,11-12,19H,6,9-10,13-18H2,1-2H3. The number of benzene rings is 2. The van der Waals surface area contributed by atoms with E-state index in [0.717, 1.165) is 24.0 Å². The first kappa shape index (κ1) is 22.7. The molecule has 31 heavy (non-hydrogen) atoms. The molecular formula is C26H32N2O3. The van der Waals surface area contributed by atoms with Gasteiger partial charge in [0.1, 0.15) is 0 Å². The Hall–Kier alpha value is -2.95. The van der Waals surface area contributed by atoms with Gasteiger partial charge in [-0.1, -0.05) is 48.0 Å². The number of carbonyl (C=O) groups excluding carboxylic acids is 3. The predicted octanol–water partition coefficient (Wildman–Crippen LogP) is 3.96. The molecule has 1 heterocycles. The lowest BCUT2D eigenvalue weighted by atomic mass is 9.99. The fraction of sp³-hybridized carbons (Fsp3) is 0.423. The quantitative estimate of drug-likeness (QED) is 0.608. The smallest absolute Gasteiger partial charge is 0.223 e. The molecule has 5 heteroatoms. The molecule has 2 aromatic rings. The van der Waals surface area contributed by atoms with Crippen molar-refractivity contribution in [1.82, 2.24) is 9.80 Å². The summed E-state index contributed by atoms with van der Waals surface area (Å²) in [7, 11) is 0. The van der Waals surface area contributed by atoms with E-state index in [-0.39, 0.29) is 30.4 Å². The summed E-state index contributed by atoms with van der Waals surface area (Å²) >= 11 is 0. The Labute approximate surface area is 185 Å². The highest BCUT2D eigenvalue weighted by Crippen LogP contribution is 2.15. The van der Waals surface area contributed by atoms with Crippen LogP contribution in [0.5, 0.6) is 0 Å². The lowest BCUT2D eigenvalue weighted by Gasteiger charge is -2.35. The second kappa shape index (κ2) is 10.9. The summed E-state index contributed by atoms with van der Waals surface area (Å²) in [4.78, 5) is 41.2. The molecule has 0 unspecified atom stereocenters. The third kappa shape index (κ3) is 6.51. The fourth-order valence-corrected chi connectivity index (χ4v) is 4.00. The van der Waals surface area contributed by atoms with Crippen LogP contribution < -0.4 is 0 Å². The van der Waals surface area contributed by atoms with Gasteiger partial charge in [-0.25, -0.2) is 0 Å². The molecule has 164 valence electrons. The highest BCUT2D eigenvalue weighted by atomic mass is 16.2. The van der Waals surface area contributed by atoms with Crippen LogP contribution in [0.25, 0.3) is 0 Å². The van der Waals surface area contributed by atoms with Crippen LogP contribution in [0, 0.1) is 13.8 Å². The summed E-state index contributed by atoms with van der Waals surface area (Å²) in [5.41, 5.74) is 3.95. The molecule has 3 rings (SSSR count). The minimum absolute atomic E-state index is 0.00478. The third-order valence-electron chi connectivity index (χ3n) is 5.94. The van der Waals surface area contributed by atoms with Crippen molar-refractivity contribution in [3.8, 4) is 0 Å². The van der Waals surface area contributed by atoms with Crippen LogP contribution in [0.15, 0.2) is 48.5 Å². The van der Waals surface area contributed by atoms with E-state index in [2.05, 4.69) is 12.1 Å². The molecule has 0 radical (unpaired) electrons. The van der Waals surface area contributed by atoms with Gasteiger partial charge >= 0.3 is 0 Å². The van der Waals surface area contributed by atoms with Crippen molar-refractivity contribution < 1.29 is 14.4 Å². The van der Waals surface area contributed by atoms with E-state index in [9.17, 15) is 14.4 Å². The van der Waals surface area contributed by atoms with Crippen LogP contribution in [0.3, 0.4) is 0 Å². The summed E-state index contributed by atoms with van der Waals surface area (Å²) < 4.78 is 0. The Balaban J connectivity index is 1.38. The summed E-state index contributed by atoms with van der Waals surface area (Å²) in [6, 6.07) is 16.0. The Morgan fingerprint density at radius 3 is 2.03 bits per heavy atom. The maximum atomic E-state index is 12.6. The molecule has 1 fully saturated rings. The maximum Gasteiger partial charge on any atom is 0.223 e. The number of carbonyl (C=O) groups is 3. The van der Waals surface area contributed by atoms with E-state index < -0.39 is 0 Å². The number of Topliss-reactive ketones (excluding diaryl/α,β-unsaturated/α-hetero) is 1. The second-order valence-electron chi connectivity index (χ2n) is 8.34. The van der Waals surface area contributed by atoms with Crippen molar-refractivity contribution >= 4 is 17.6 Å². The van der Waals surface area contributed by atoms with Crippen molar-refractivity contribution in [3.63, 3.8) is 0 Å². The van der Waals surface area contributed by atoms with Crippen molar-refractivity contribution in [2.75, 3.05) is 26.2 Å². The number of piperazine rings is 1. The van der Waals surface area contributed by atoms with E-state index in [1.807, 2.05) is 55.1 Å². The van der Waals surface area contributed by atoms with E-state index in [4.69, 9.17) is 0 Å². The van der Waals surface area contributed by atoms with Crippen molar-refractivity contribution in [2.45, 2.75) is 46.0 Å². The van der Waals surface area contributed by atoms with Crippen LogP contribution in [0.2, 0.25) is 0 Å². The number of rotatable bonds is 8. The topological polar surface area (TPSA) is 57.7 Å². The Morgan fingerprint density at radius 1 is 0.774 bits per heavy atom. The van der Waals surface area contributed by atoms with Crippen molar-refractivity contribution in [2.24, 2.45) is 0 Å². The zero-order valence-electron chi connectivity index (χ0n) is 18.6. The molecular weight excluding hydrogens is 388 g/mol. The fourth-order valence-electron chi connectivity index (χ4n) is 4.00. The van der Waals surface area contributed by atoms with Gasteiger partial charge < -0.3 is 9.80 Å². The monoisotopic (exact) mass is 420 g/mol. The minimum atomic E-state index is -0.00478. The molecule has 0 saturated carbocycles. The van der Waals surface area contributed by atoms with Crippen molar-refractivity contribution in [3.05, 3.63) is 70.8 Å². The molecule has 2 aromatic carbocycles. The van der Waals surface area contributed by atoms with Crippen LogP contribution in [-0.4, -0.2) is 53.6 Å². The third-order valence-corrected chi connectivity index (χ3v) is 5.94. The first-order valence-corrected chi connectivity index (χ1v) is 11.1. The Morgan fingerprint density at radius 2 is 1.39 bits per heavy atom. The van der Waals surface area contributed by atoms with E-state index >= 15 is 0 Å². The largest absolute Gasteiger partial charge is 0.339 e. The maximum absolute atomic E-state index is 12.6. The molecule has 0 bridgehead atoms. The molecule has 0 aromatic heterocycles. The van der Waals surface area contributed by atoms with Crippen LogP contribution in [-0.2, 0) is 16.0 Å². The molecule has 1 aliphatic heterocycles. The Kier molecular flexibility index (Phi) is 7.99. The highest BCUT2D eigenvalue weighted by Gasteiger charge is 2.24. The van der Waals surface area contributed by atoms with Crippen LogP contribution in [0.1, 0.15) is 52.7 Å². The lowest BCUT2D eigenvalue weighted by molar-refractivity contribution is -0.139. The SMILES string of the molecule is Cc1ccc(C)c(C(=O)CCC(=O)N2CCN(C(=O)CCCc3ccccc3)CC2)c1. The van der Waals surface area contributed by atoms with Gasteiger partial charge in [0.2, 0.25) is 11.8 Å². The van der Waals surface area contributed by atoms with E-state index in [1.165, 1.54) is 5.56 Å². The molecule has 0 atom stereocenters. The van der Waals surface area contributed by atoms with Gasteiger partial charge in [-0.3, -0.25) is 14.4 Å². The number of aryl methyl sites for hydroxylation is 3. The summed E-state index contributed by atoms with van der Waals surface area (Å²) in [6.07, 6.45) is 2.72. The van der Waals surface area contributed by atoms with E-state index in [1.54, 1.807) is 4.90 Å². The molecule has 0 spiro atoms. The number of nitrogens with zero attached hydrogens (tertiary/aromatic N) is 2. The second-order valence-corrected chi connectivity index (χ2v) is 8.34. The first-order valence-electron chi connectivity index (χ1n) is 11.1. The number of hydrogen-bond donors (Lipinski definition) is 0. The van der Waals surface area contributed by atoms with Gasteiger partial charge in [-0.05, 0) is 43.9 Å². The summed E-state index contributed by atoms with van der Waals surface area (Å²) in [6.45, 7) is 6.11. The number of hydrogen-bond acceptors (Lipinski definition) is 3. The summed E-state index contributed by atoms with van der Waals surface area (Å²) in [5, 5.41) is 0. The average molecular weight is 421 g/mol. The minimum Gasteiger partial charge on any atom is -0.339 e. The zero-order valence-corrected chi connectivity index (χ0v) is 18.6. The van der Waals surface area contributed by atoms with Gasteiger partial charge in [0.25, 0.3) is 0 Å².